The number of hydrogen-bond donors (Lipinski definition) is 1. The molecule has 0 fully saturated rings. The zero-order valence-electron chi connectivity index (χ0n) is 5.18. The van der Waals surface area contributed by atoms with Gasteiger partial charge in [0.15, 0.2) is 5.78 Å². The average molecular weight is 123 g/mol. The average Bonchev–Trinajstić information content (AvgIpc) is 1.59. The maximum absolute atomic E-state index is 10.7. The quantitative estimate of drug-likeness (QED) is 0.483. The van der Waals surface area contributed by atoms with Gasteiger partial charge in [-0.2, -0.15) is 0 Å². The van der Waals surface area contributed by atoms with Crippen molar-refractivity contribution in [1.82, 2.24) is 0 Å². The smallest absolute Gasteiger partial charge is 0.161 e. The highest BCUT2D eigenvalue weighted by molar-refractivity contribution is 5.93. The summed E-state index contributed by atoms with van der Waals surface area (Å²) in [7, 11) is 0. The predicted octanol–water partition coefficient (Wildman–Crippen LogP) is 0.748. The number of carbonyl (C=O) groups is 1. The zero-order chi connectivity index (χ0) is 6.85. The second-order valence-corrected chi connectivity index (χ2v) is 2.29. The molecule has 1 rings (SSSR count). The Morgan fingerprint density at radius 1 is 1.56 bits per heavy atom. The summed E-state index contributed by atoms with van der Waals surface area (Å²) in [4.78, 5) is 10.7. The lowest BCUT2D eigenvalue weighted by Crippen LogP contribution is -2.10. The van der Waals surface area contributed by atoms with Gasteiger partial charge in [0.1, 0.15) is 0 Å². The number of rotatable bonds is 0. The van der Waals surface area contributed by atoms with E-state index in [-0.39, 0.29) is 5.78 Å². The van der Waals surface area contributed by atoms with Gasteiger partial charge in [-0.15, -0.1) is 0 Å². The van der Waals surface area contributed by atoms with E-state index in [1.54, 1.807) is 0 Å². The van der Waals surface area contributed by atoms with E-state index in [2.05, 4.69) is 6.58 Å². The van der Waals surface area contributed by atoms with Crippen molar-refractivity contribution >= 4 is 5.78 Å². The van der Waals surface area contributed by atoms with Crippen LogP contribution in [0.2, 0.25) is 0 Å². The van der Waals surface area contributed by atoms with Crippen LogP contribution in [0.15, 0.2) is 23.9 Å². The number of hydrogen-bond acceptors (Lipinski definition) is 2. The molecule has 0 aromatic carbocycles. The molecule has 2 N–H and O–H groups in total. The fourth-order valence-electron chi connectivity index (χ4n) is 0.906. The van der Waals surface area contributed by atoms with Crippen molar-refractivity contribution in [3.63, 3.8) is 0 Å². The minimum Gasteiger partial charge on any atom is -0.402 e. The Labute approximate surface area is 54.0 Å². The second kappa shape index (κ2) is 2.05. The highest BCUT2D eigenvalue weighted by Gasteiger charge is 2.09. The molecule has 9 heavy (non-hydrogen) atoms. The summed E-state index contributed by atoms with van der Waals surface area (Å²) in [6.45, 7) is 3.67. The maximum Gasteiger partial charge on any atom is 0.161 e. The fraction of sp³-hybridized carbons (Fsp3) is 0.286. The Morgan fingerprint density at radius 2 is 2.22 bits per heavy atom. The first-order chi connectivity index (χ1) is 4.18. The van der Waals surface area contributed by atoms with E-state index >= 15 is 0 Å². The zero-order valence-corrected chi connectivity index (χ0v) is 5.18. The van der Waals surface area contributed by atoms with E-state index in [1.165, 1.54) is 6.08 Å². The van der Waals surface area contributed by atoms with Gasteiger partial charge >= 0.3 is 0 Å². The van der Waals surface area contributed by atoms with Gasteiger partial charge in [0.05, 0.1) is 0 Å². The van der Waals surface area contributed by atoms with Crippen LogP contribution in [-0.2, 0) is 4.79 Å². The largest absolute Gasteiger partial charge is 0.402 e. The molecule has 0 atom stereocenters. The van der Waals surface area contributed by atoms with E-state index in [0.717, 1.165) is 5.57 Å². The summed E-state index contributed by atoms with van der Waals surface area (Å²) in [5, 5.41) is 0. The Balaban J connectivity index is 2.79. The molecule has 1 aliphatic rings. The topological polar surface area (TPSA) is 43.1 Å². The lowest BCUT2D eigenvalue weighted by atomic mass is 9.99. The molecule has 1 aliphatic carbocycles. The summed E-state index contributed by atoms with van der Waals surface area (Å²) in [5.41, 5.74) is 6.95. The standard InChI is InChI=1S/C7H9NO/c1-5-2-6(8)4-7(9)3-5/h4H,1-3,8H2. The Hall–Kier alpha value is -1.05. The SMILES string of the molecule is C=C1CC(=O)C=C(N)C1. The lowest BCUT2D eigenvalue weighted by Gasteiger charge is -2.08. The van der Waals surface area contributed by atoms with E-state index < -0.39 is 0 Å². The molecule has 0 heterocycles. The molecule has 0 bridgehead atoms. The van der Waals surface area contributed by atoms with Crippen molar-refractivity contribution in [1.29, 1.82) is 0 Å². The second-order valence-electron chi connectivity index (χ2n) is 2.29. The van der Waals surface area contributed by atoms with Crippen molar-refractivity contribution in [2.75, 3.05) is 0 Å². The van der Waals surface area contributed by atoms with Crippen LogP contribution < -0.4 is 5.73 Å². The van der Waals surface area contributed by atoms with E-state index in [9.17, 15) is 4.79 Å². The number of nitrogens with two attached hydrogens (primary N) is 1. The maximum atomic E-state index is 10.7. The van der Waals surface area contributed by atoms with E-state index in [0.29, 0.717) is 18.5 Å². The monoisotopic (exact) mass is 123 g/mol. The summed E-state index contributed by atoms with van der Waals surface area (Å²) >= 11 is 0. The molecule has 0 unspecified atom stereocenters. The summed E-state index contributed by atoms with van der Waals surface area (Å²) in [6, 6.07) is 0. The van der Waals surface area contributed by atoms with Crippen LogP contribution in [0.5, 0.6) is 0 Å². The van der Waals surface area contributed by atoms with Gasteiger partial charge in [-0.05, 0) is 0 Å². The van der Waals surface area contributed by atoms with Crippen LogP contribution in [0.1, 0.15) is 12.8 Å². The molecular weight excluding hydrogens is 114 g/mol. The first-order valence-electron chi connectivity index (χ1n) is 2.84. The molecular formula is C7H9NO. The van der Waals surface area contributed by atoms with Gasteiger partial charge in [-0.3, -0.25) is 4.79 Å². The van der Waals surface area contributed by atoms with Crippen molar-refractivity contribution in [3.8, 4) is 0 Å². The van der Waals surface area contributed by atoms with Crippen LogP contribution in [0.4, 0.5) is 0 Å². The number of carbonyl (C=O) groups excluding carboxylic acids is 1. The molecule has 0 aliphatic heterocycles. The first-order valence-corrected chi connectivity index (χ1v) is 2.84. The first kappa shape index (κ1) is 6.08. The predicted molar refractivity (Wildman–Crippen MR) is 35.7 cm³/mol. The van der Waals surface area contributed by atoms with Gasteiger partial charge in [-0.1, -0.05) is 12.2 Å². The summed E-state index contributed by atoms with van der Waals surface area (Å²) < 4.78 is 0. The van der Waals surface area contributed by atoms with Crippen molar-refractivity contribution in [2.24, 2.45) is 5.73 Å². The van der Waals surface area contributed by atoms with Crippen molar-refractivity contribution < 1.29 is 4.79 Å². The molecule has 0 aromatic rings. The van der Waals surface area contributed by atoms with Gasteiger partial charge < -0.3 is 5.73 Å². The minimum atomic E-state index is 0.0729. The van der Waals surface area contributed by atoms with Crippen LogP contribution in [0, 0.1) is 0 Å². The molecule has 0 saturated heterocycles. The van der Waals surface area contributed by atoms with Crippen LogP contribution in [0.25, 0.3) is 0 Å². The summed E-state index contributed by atoms with van der Waals surface area (Å²) in [5.74, 6) is 0.0729. The molecule has 0 radical (unpaired) electrons. The highest BCUT2D eigenvalue weighted by Crippen LogP contribution is 2.14. The van der Waals surface area contributed by atoms with Gasteiger partial charge in [0, 0.05) is 24.6 Å². The third-order valence-corrected chi connectivity index (χ3v) is 1.22. The fourth-order valence-corrected chi connectivity index (χ4v) is 0.906. The Morgan fingerprint density at radius 3 is 2.67 bits per heavy atom. The highest BCUT2D eigenvalue weighted by atomic mass is 16.1. The van der Waals surface area contributed by atoms with E-state index in [1.807, 2.05) is 0 Å². The van der Waals surface area contributed by atoms with E-state index in [4.69, 9.17) is 5.73 Å². The van der Waals surface area contributed by atoms with Gasteiger partial charge in [0.2, 0.25) is 0 Å². The molecule has 2 nitrogen and oxygen atoms in total. The molecule has 0 saturated carbocycles. The minimum absolute atomic E-state index is 0.0729. The van der Waals surface area contributed by atoms with Gasteiger partial charge in [-0.25, -0.2) is 0 Å². The Bertz CT molecular complexity index is 191. The molecule has 0 spiro atoms. The molecule has 0 amide bonds. The molecule has 2 heteroatoms. The van der Waals surface area contributed by atoms with Crippen LogP contribution in [-0.4, -0.2) is 5.78 Å². The van der Waals surface area contributed by atoms with Gasteiger partial charge in [0.25, 0.3) is 0 Å². The van der Waals surface area contributed by atoms with Crippen molar-refractivity contribution in [2.45, 2.75) is 12.8 Å². The molecule has 0 aromatic heterocycles. The third-order valence-electron chi connectivity index (χ3n) is 1.22. The molecule has 48 valence electrons. The summed E-state index contributed by atoms with van der Waals surface area (Å²) in [6.07, 6.45) is 2.64. The number of ketones is 1. The Kier molecular flexibility index (Phi) is 1.39. The normalized spacial score (nSPS) is 19.8. The third kappa shape index (κ3) is 1.42. The number of allylic oxidation sites excluding steroid dienone is 2. The van der Waals surface area contributed by atoms with Crippen LogP contribution >= 0.6 is 0 Å². The van der Waals surface area contributed by atoms with Crippen LogP contribution in [0.3, 0.4) is 0 Å². The van der Waals surface area contributed by atoms with Crippen molar-refractivity contribution in [3.05, 3.63) is 23.9 Å². The lowest BCUT2D eigenvalue weighted by molar-refractivity contribution is -0.114.